The van der Waals surface area contributed by atoms with Gasteiger partial charge in [0.2, 0.25) is 5.91 Å². The van der Waals surface area contributed by atoms with Crippen molar-refractivity contribution in [2.75, 3.05) is 6.54 Å². The first kappa shape index (κ1) is 19.2. The highest BCUT2D eigenvalue weighted by Gasteiger charge is 2.43. The van der Waals surface area contributed by atoms with E-state index in [1.807, 2.05) is 52.0 Å². The Labute approximate surface area is 159 Å². The second kappa shape index (κ2) is 7.21. The standard InChI is InChI=1S/C20H28N4O3/c1-19(2,3)27-18(26)21-12-20(4,13-9-10-13)22-17(25)11-16-14-7-5-6-8-15(14)23-24-16/h5-8,13H,9-12H2,1-4H3,(H,21,26)(H,22,25)(H,23,24). The Kier molecular flexibility index (Phi) is 5.13. The van der Waals surface area contributed by atoms with Gasteiger partial charge in [0.15, 0.2) is 0 Å². The molecule has 1 unspecified atom stereocenters. The maximum absolute atomic E-state index is 12.7. The number of H-pyrrole nitrogens is 1. The third kappa shape index (κ3) is 4.99. The van der Waals surface area contributed by atoms with Gasteiger partial charge in [0.1, 0.15) is 5.60 Å². The summed E-state index contributed by atoms with van der Waals surface area (Å²) < 4.78 is 5.30. The molecule has 27 heavy (non-hydrogen) atoms. The molecule has 3 rings (SSSR count). The maximum Gasteiger partial charge on any atom is 0.407 e. The van der Waals surface area contributed by atoms with Crippen LogP contribution in [0.2, 0.25) is 0 Å². The van der Waals surface area contributed by atoms with E-state index < -0.39 is 17.2 Å². The van der Waals surface area contributed by atoms with Gasteiger partial charge < -0.3 is 15.4 Å². The molecular weight excluding hydrogens is 344 g/mol. The van der Waals surface area contributed by atoms with Gasteiger partial charge in [-0.1, -0.05) is 18.2 Å². The monoisotopic (exact) mass is 372 g/mol. The maximum atomic E-state index is 12.7. The highest BCUT2D eigenvalue weighted by atomic mass is 16.6. The van der Waals surface area contributed by atoms with Gasteiger partial charge in [-0.25, -0.2) is 4.79 Å². The van der Waals surface area contributed by atoms with Crippen LogP contribution in [-0.4, -0.2) is 39.9 Å². The van der Waals surface area contributed by atoms with Gasteiger partial charge in [-0.3, -0.25) is 9.89 Å². The summed E-state index contributed by atoms with van der Waals surface area (Å²) >= 11 is 0. The first-order valence-electron chi connectivity index (χ1n) is 9.36. The smallest absolute Gasteiger partial charge is 0.407 e. The minimum absolute atomic E-state index is 0.0928. The van der Waals surface area contributed by atoms with Crippen LogP contribution in [-0.2, 0) is 16.0 Å². The van der Waals surface area contributed by atoms with E-state index in [2.05, 4.69) is 20.8 Å². The van der Waals surface area contributed by atoms with Crippen LogP contribution in [0.25, 0.3) is 10.9 Å². The van der Waals surface area contributed by atoms with Crippen LogP contribution in [0.15, 0.2) is 24.3 Å². The minimum Gasteiger partial charge on any atom is -0.444 e. The van der Waals surface area contributed by atoms with Crippen molar-refractivity contribution in [2.24, 2.45) is 5.92 Å². The van der Waals surface area contributed by atoms with Crippen molar-refractivity contribution in [3.8, 4) is 0 Å². The number of aromatic amines is 1. The number of nitrogens with zero attached hydrogens (tertiary/aromatic N) is 1. The van der Waals surface area contributed by atoms with Crippen LogP contribution in [0, 0.1) is 5.92 Å². The molecule has 0 spiro atoms. The van der Waals surface area contributed by atoms with Crippen molar-refractivity contribution in [1.82, 2.24) is 20.8 Å². The van der Waals surface area contributed by atoms with Crippen molar-refractivity contribution < 1.29 is 14.3 Å². The van der Waals surface area contributed by atoms with E-state index in [1.54, 1.807) is 0 Å². The number of amides is 2. The summed E-state index contributed by atoms with van der Waals surface area (Å²) in [4.78, 5) is 24.7. The molecule has 1 fully saturated rings. The van der Waals surface area contributed by atoms with E-state index in [1.165, 1.54) is 0 Å². The molecule has 2 amide bonds. The van der Waals surface area contributed by atoms with Gasteiger partial charge in [0.05, 0.1) is 23.2 Å². The van der Waals surface area contributed by atoms with Gasteiger partial charge in [0.25, 0.3) is 0 Å². The summed E-state index contributed by atoms with van der Waals surface area (Å²) in [7, 11) is 0. The van der Waals surface area contributed by atoms with E-state index in [-0.39, 0.29) is 12.3 Å². The fourth-order valence-corrected chi connectivity index (χ4v) is 3.25. The lowest BCUT2D eigenvalue weighted by atomic mass is 9.95. The highest BCUT2D eigenvalue weighted by Crippen LogP contribution is 2.39. The number of hydrogen-bond donors (Lipinski definition) is 3. The Morgan fingerprint density at radius 2 is 1.93 bits per heavy atom. The van der Waals surface area contributed by atoms with E-state index in [0.717, 1.165) is 29.4 Å². The first-order chi connectivity index (χ1) is 12.7. The molecule has 3 N–H and O–H groups in total. The molecule has 1 heterocycles. The number of nitrogens with one attached hydrogen (secondary N) is 3. The molecule has 0 aliphatic heterocycles. The van der Waals surface area contributed by atoms with Crippen molar-refractivity contribution in [3.63, 3.8) is 0 Å². The zero-order valence-corrected chi connectivity index (χ0v) is 16.4. The SMILES string of the molecule is CC(C)(C)OC(=O)NCC(C)(NC(=O)Cc1[nH]nc2ccccc12)C1CC1. The van der Waals surface area contributed by atoms with Crippen LogP contribution in [0.1, 0.15) is 46.2 Å². The summed E-state index contributed by atoms with van der Waals surface area (Å²) in [6.45, 7) is 7.78. The van der Waals surface area contributed by atoms with Gasteiger partial charge >= 0.3 is 6.09 Å². The van der Waals surface area contributed by atoms with Gasteiger partial charge in [-0.2, -0.15) is 5.10 Å². The molecule has 7 heteroatoms. The third-order valence-electron chi connectivity index (χ3n) is 4.78. The number of ether oxygens (including phenoxy) is 1. The van der Waals surface area contributed by atoms with E-state index in [4.69, 9.17) is 4.74 Å². The Balaban J connectivity index is 1.61. The summed E-state index contributed by atoms with van der Waals surface area (Å²) in [5, 5.41) is 14.1. The normalized spacial score (nSPS) is 16.6. The third-order valence-corrected chi connectivity index (χ3v) is 4.78. The minimum atomic E-state index is -0.551. The van der Waals surface area contributed by atoms with E-state index in [0.29, 0.717) is 12.5 Å². The molecule has 1 atom stereocenters. The van der Waals surface area contributed by atoms with Crippen molar-refractivity contribution >= 4 is 22.9 Å². The number of alkyl carbamates (subject to hydrolysis) is 1. The van der Waals surface area contributed by atoms with E-state index in [9.17, 15) is 9.59 Å². The van der Waals surface area contributed by atoms with Crippen LogP contribution >= 0.6 is 0 Å². The zero-order valence-electron chi connectivity index (χ0n) is 16.4. The molecule has 0 bridgehead atoms. The van der Waals surface area contributed by atoms with E-state index >= 15 is 0 Å². The number of benzene rings is 1. The molecule has 1 aliphatic carbocycles. The summed E-state index contributed by atoms with van der Waals surface area (Å²) in [5.74, 6) is 0.264. The number of hydrogen-bond acceptors (Lipinski definition) is 4. The average molecular weight is 372 g/mol. The molecule has 146 valence electrons. The van der Waals surface area contributed by atoms with Crippen LogP contribution in [0.4, 0.5) is 4.79 Å². The number of carbonyl (C=O) groups excluding carboxylic acids is 2. The van der Waals surface area contributed by atoms with Crippen LogP contribution in [0.5, 0.6) is 0 Å². The molecule has 0 radical (unpaired) electrons. The predicted molar refractivity (Wildman–Crippen MR) is 103 cm³/mol. The summed E-state index contributed by atoms with van der Waals surface area (Å²) in [5.41, 5.74) is 0.590. The lowest BCUT2D eigenvalue weighted by molar-refractivity contribution is -0.122. The quantitative estimate of drug-likeness (QED) is 0.726. The molecule has 1 aliphatic rings. The Bertz CT molecular complexity index is 835. The molecule has 1 aromatic heterocycles. The van der Waals surface area contributed by atoms with Crippen molar-refractivity contribution in [3.05, 3.63) is 30.0 Å². The van der Waals surface area contributed by atoms with Gasteiger partial charge in [-0.15, -0.1) is 0 Å². The first-order valence-corrected chi connectivity index (χ1v) is 9.36. The lowest BCUT2D eigenvalue weighted by Crippen LogP contribution is -2.56. The van der Waals surface area contributed by atoms with Crippen LogP contribution < -0.4 is 10.6 Å². The number of aromatic nitrogens is 2. The Morgan fingerprint density at radius 3 is 2.59 bits per heavy atom. The van der Waals surface area contributed by atoms with Crippen molar-refractivity contribution in [1.29, 1.82) is 0 Å². The number of para-hydroxylation sites is 1. The summed E-state index contributed by atoms with van der Waals surface area (Å²) in [6.07, 6.45) is 1.83. The Hall–Kier alpha value is -2.57. The van der Waals surface area contributed by atoms with Crippen LogP contribution in [0.3, 0.4) is 0 Å². The lowest BCUT2D eigenvalue weighted by Gasteiger charge is -2.32. The second-order valence-electron chi connectivity index (χ2n) is 8.49. The highest BCUT2D eigenvalue weighted by molar-refractivity contribution is 5.87. The largest absolute Gasteiger partial charge is 0.444 e. The molecule has 1 saturated carbocycles. The number of rotatable bonds is 6. The van der Waals surface area contributed by atoms with Gasteiger partial charge in [0, 0.05) is 11.9 Å². The predicted octanol–water partition coefficient (Wildman–Crippen LogP) is 2.92. The molecule has 2 aromatic rings. The fourth-order valence-electron chi connectivity index (χ4n) is 3.25. The fraction of sp³-hybridized carbons (Fsp3) is 0.550. The zero-order chi connectivity index (χ0) is 19.7. The van der Waals surface area contributed by atoms with Gasteiger partial charge in [-0.05, 0) is 52.5 Å². The average Bonchev–Trinajstić information content (AvgIpc) is 3.36. The molecule has 1 aromatic carbocycles. The summed E-state index contributed by atoms with van der Waals surface area (Å²) in [6, 6.07) is 7.70. The topological polar surface area (TPSA) is 96.1 Å². The molecule has 7 nitrogen and oxygen atoms in total. The number of fused-ring (bicyclic) bond motifs is 1. The molecule has 0 saturated heterocycles. The number of carbonyl (C=O) groups is 2. The Morgan fingerprint density at radius 1 is 1.22 bits per heavy atom. The second-order valence-corrected chi connectivity index (χ2v) is 8.49. The van der Waals surface area contributed by atoms with Crippen molar-refractivity contribution in [2.45, 2.75) is 58.1 Å². The molecular formula is C20H28N4O3.